The van der Waals surface area contributed by atoms with E-state index < -0.39 is 0 Å². The van der Waals surface area contributed by atoms with Gasteiger partial charge in [0.1, 0.15) is 0 Å². The van der Waals surface area contributed by atoms with Crippen LogP contribution in [-0.2, 0) is 26.6 Å². The van der Waals surface area contributed by atoms with E-state index in [4.69, 9.17) is 4.98 Å². The van der Waals surface area contributed by atoms with E-state index in [1.165, 1.54) is 14.7 Å². The molecule has 3 heterocycles. The lowest BCUT2D eigenvalue weighted by Gasteiger charge is -2.33. The summed E-state index contributed by atoms with van der Waals surface area (Å²) in [5, 5.41) is 0. The number of hydrogen-bond donors (Lipinski definition) is 0. The molecule has 7 nitrogen and oxygen atoms in total. The number of aromatic nitrogens is 4. The van der Waals surface area contributed by atoms with Crippen LogP contribution in [0.3, 0.4) is 0 Å². The third kappa shape index (κ3) is 3.56. The quantitative estimate of drug-likeness (QED) is 0.466. The van der Waals surface area contributed by atoms with Gasteiger partial charge in [0.05, 0.1) is 6.54 Å². The summed E-state index contributed by atoms with van der Waals surface area (Å²) in [6.07, 6.45) is 0.983. The smallest absolute Gasteiger partial charge is 0.312 e. The Kier molecular flexibility index (Phi) is 5.42. The van der Waals surface area contributed by atoms with Crippen molar-refractivity contribution in [2.75, 3.05) is 11.4 Å². The number of fused-ring (bicyclic) bond motifs is 3. The van der Waals surface area contributed by atoms with Gasteiger partial charge in [-0.3, -0.25) is 13.9 Å². The Morgan fingerprint density at radius 3 is 2.47 bits per heavy atom. The first-order valence-electron chi connectivity index (χ1n) is 11.9. The monoisotopic (exact) mass is 457 g/mol. The van der Waals surface area contributed by atoms with E-state index in [0.717, 1.165) is 35.3 Å². The Balaban J connectivity index is 1.70. The van der Waals surface area contributed by atoms with Gasteiger partial charge in [0.15, 0.2) is 11.2 Å². The maximum absolute atomic E-state index is 13.7. The van der Waals surface area contributed by atoms with Crippen molar-refractivity contribution in [1.82, 2.24) is 18.7 Å². The molecule has 1 unspecified atom stereocenters. The van der Waals surface area contributed by atoms with Crippen LogP contribution in [0.1, 0.15) is 36.1 Å². The van der Waals surface area contributed by atoms with Gasteiger partial charge >= 0.3 is 5.69 Å². The highest BCUT2D eigenvalue weighted by atomic mass is 16.2. The van der Waals surface area contributed by atoms with Gasteiger partial charge in [-0.2, -0.15) is 4.98 Å². The summed E-state index contributed by atoms with van der Waals surface area (Å²) in [5.41, 5.74) is 5.75. The third-order valence-electron chi connectivity index (χ3n) is 6.93. The van der Waals surface area contributed by atoms with Crippen LogP contribution in [0.2, 0.25) is 0 Å². The number of hydrogen-bond acceptors (Lipinski definition) is 4. The van der Waals surface area contributed by atoms with Gasteiger partial charge in [-0.15, -0.1) is 0 Å². The molecule has 0 aliphatic carbocycles. The van der Waals surface area contributed by atoms with Crippen molar-refractivity contribution in [2.24, 2.45) is 13.0 Å². The molecule has 0 saturated carbocycles. The number of aryl methyl sites for hydroxylation is 4. The van der Waals surface area contributed by atoms with Crippen LogP contribution in [0.5, 0.6) is 0 Å². The van der Waals surface area contributed by atoms with Gasteiger partial charge in [-0.25, -0.2) is 4.79 Å². The number of imidazole rings is 1. The van der Waals surface area contributed by atoms with E-state index >= 15 is 0 Å². The Hall–Kier alpha value is -3.61. The molecule has 5 rings (SSSR count). The fourth-order valence-corrected chi connectivity index (χ4v) is 4.91. The van der Waals surface area contributed by atoms with Crippen LogP contribution in [0.25, 0.3) is 11.2 Å². The Labute approximate surface area is 198 Å². The molecule has 1 aliphatic rings. The maximum atomic E-state index is 13.7. The highest BCUT2D eigenvalue weighted by molar-refractivity contribution is 5.77. The summed E-state index contributed by atoms with van der Waals surface area (Å²) in [4.78, 5) is 34.0. The SMILES string of the molecule is CCc1ccc(N2CC(C)Cn3c2nc2c3c(=O)n(Cc3cc(C)ccc3C)c(=O)n2C)cc1. The zero-order valence-electron chi connectivity index (χ0n) is 20.5. The summed E-state index contributed by atoms with van der Waals surface area (Å²) in [6.45, 7) is 10.1. The van der Waals surface area contributed by atoms with E-state index in [-0.39, 0.29) is 17.8 Å². The lowest BCUT2D eigenvalue weighted by Crippen LogP contribution is -2.40. The van der Waals surface area contributed by atoms with Crippen LogP contribution in [0.4, 0.5) is 11.6 Å². The van der Waals surface area contributed by atoms with Gasteiger partial charge in [0, 0.05) is 25.8 Å². The van der Waals surface area contributed by atoms with Gasteiger partial charge in [-0.1, -0.05) is 49.7 Å². The van der Waals surface area contributed by atoms with E-state index in [9.17, 15) is 9.59 Å². The second-order valence-electron chi connectivity index (χ2n) is 9.59. The summed E-state index contributed by atoms with van der Waals surface area (Å²) in [7, 11) is 1.70. The largest absolute Gasteiger partial charge is 0.332 e. The van der Waals surface area contributed by atoms with Crippen molar-refractivity contribution in [3.05, 3.63) is 85.6 Å². The molecule has 4 aromatic rings. The molecule has 1 aliphatic heterocycles. The molecule has 0 spiro atoms. The standard InChI is InChI=1S/C27H31N5O2/c1-6-20-9-11-22(12-10-20)30-14-18(3)15-31-23-24(28-26(30)31)29(5)27(34)32(25(23)33)16-21-13-17(2)7-8-19(21)4/h7-13,18H,6,14-16H2,1-5H3. The van der Waals surface area contributed by atoms with Gasteiger partial charge < -0.3 is 9.47 Å². The summed E-state index contributed by atoms with van der Waals surface area (Å²) in [5.74, 6) is 1.04. The molecule has 176 valence electrons. The van der Waals surface area contributed by atoms with Crippen LogP contribution in [0.15, 0.2) is 52.1 Å². The zero-order valence-corrected chi connectivity index (χ0v) is 20.5. The molecule has 0 bridgehead atoms. The second kappa shape index (κ2) is 8.31. The fourth-order valence-electron chi connectivity index (χ4n) is 4.91. The fraction of sp³-hybridized carbons (Fsp3) is 0.370. The van der Waals surface area contributed by atoms with E-state index in [1.54, 1.807) is 7.05 Å². The number of nitrogens with zero attached hydrogens (tertiary/aromatic N) is 5. The van der Waals surface area contributed by atoms with Crippen molar-refractivity contribution >= 4 is 22.8 Å². The molecule has 2 aromatic heterocycles. The van der Waals surface area contributed by atoms with Gasteiger partial charge in [-0.05, 0) is 55.0 Å². The summed E-state index contributed by atoms with van der Waals surface area (Å²) < 4.78 is 4.85. The minimum atomic E-state index is -0.347. The number of rotatable bonds is 4. The van der Waals surface area contributed by atoms with Crippen molar-refractivity contribution in [3.63, 3.8) is 0 Å². The molecule has 0 N–H and O–H groups in total. The molecule has 0 saturated heterocycles. The van der Waals surface area contributed by atoms with Crippen LogP contribution in [-0.4, -0.2) is 25.2 Å². The Bertz CT molecular complexity index is 1510. The first-order chi connectivity index (χ1) is 16.3. The topological polar surface area (TPSA) is 65.1 Å². The molecular formula is C27H31N5O2. The van der Waals surface area contributed by atoms with Crippen molar-refractivity contribution < 1.29 is 0 Å². The van der Waals surface area contributed by atoms with Gasteiger partial charge in [0.25, 0.3) is 5.56 Å². The molecule has 34 heavy (non-hydrogen) atoms. The first-order valence-corrected chi connectivity index (χ1v) is 11.9. The molecule has 1 atom stereocenters. The summed E-state index contributed by atoms with van der Waals surface area (Å²) in [6, 6.07) is 14.6. The van der Waals surface area contributed by atoms with Crippen molar-refractivity contribution in [1.29, 1.82) is 0 Å². The molecule has 0 amide bonds. The predicted molar refractivity (Wildman–Crippen MR) is 136 cm³/mol. The lowest BCUT2D eigenvalue weighted by molar-refractivity contribution is 0.458. The Morgan fingerprint density at radius 1 is 1.03 bits per heavy atom. The van der Waals surface area contributed by atoms with Crippen molar-refractivity contribution in [3.8, 4) is 0 Å². The lowest BCUT2D eigenvalue weighted by atomic mass is 10.1. The third-order valence-corrected chi connectivity index (χ3v) is 6.93. The molecule has 2 aromatic carbocycles. The van der Waals surface area contributed by atoms with E-state index in [1.807, 2.05) is 36.6 Å². The zero-order chi connectivity index (χ0) is 24.1. The normalized spacial score (nSPS) is 15.7. The highest BCUT2D eigenvalue weighted by Gasteiger charge is 2.30. The average Bonchev–Trinajstić information content (AvgIpc) is 3.21. The molecule has 0 radical (unpaired) electrons. The van der Waals surface area contributed by atoms with E-state index in [2.05, 4.69) is 43.0 Å². The summed E-state index contributed by atoms with van der Waals surface area (Å²) >= 11 is 0. The molecule has 0 fully saturated rings. The Morgan fingerprint density at radius 2 is 1.76 bits per heavy atom. The molecule has 7 heteroatoms. The second-order valence-corrected chi connectivity index (χ2v) is 9.59. The predicted octanol–water partition coefficient (Wildman–Crippen LogP) is 3.91. The molecular weight excluding hydrogens is 426 g/mol. The highest BCUT2D eigenvalue weighted by Crippen LogP contribution is 2.33. The van der Waals surface area contributed by atoms with Gasteiger partial charge in [0.2, 0.25) is 5.95 Å². The number of anilines is 2. The number of benzene rings is 2. The maximum Gasteiger partial charge on any atom is 0.332 e. The minimum absolute atomic E-state index is 0.243. The van der Waals surface area contributed by atoms with Crippen molar-refractivity contribution in [2.45, 2.75) is 47.2 Å². The van der Waals surface area contributed by atoms with Crippen LogP contribution in [0, 0.1) is 19.8 Å². The minimum Gasteiger partial charge on any atom is -0.312 e. The first kappa shape index (κ1) is 22.2. The van der Waals surface area contributed by atoms with Crippen LogP contribution < -0.4 is 16.1 Å². The van der Waals surface area contributed by atoms with Crippen LogP contribution >= 0.6 is 0 Å². The average molecular weight is 458 g/mol. The van der Waals surface area contributed by atoms with E-state index in [0.29, 0.717) is 29.6 Å².